The highest BCUT2D eigenvalue weighted by Gasteiger charge is 2.39. The number of amides is 3. The van der Waals surface area contributed by atoms with E-state index in [-0.39, 0.29) is 47.8 Å². The number of halogens is 2. The number of H-pyrrole nitrogens is 1. The van der Waals surface area contributed by atoms with Gasteiger partial charge in [-0.15, -0.1) is 5.10 Å². The summed E-state index contributed by atoms with van der Waals surface area (Å²) in [6, 6.07) is 4.88. The van der Waals surface area contributed by atoms with Crippen molar-refractivity contribution in [3.05, 3.63) is 71.3 Å². The predicted octanol–water partition coefficient (Wildman–Crippen LogP) is 5.47. The number of rotatable bonds is 9. The van der Waals surface area contributed by atoms with Crippen molar-refractivity contribution >= 4 is 40.2 Å². The monoisotopic (exact) mass is 773 g/mol. The minimum Gasteiger partial charge on any atom is -0.493 e. The van der Waals surface area contributed by atoms with Crippen LogP contribution in [0.1, 0.15) is 74.5 Å². The number of anilines is 1. The van der Waals surface area contributed by atoms with Gasteiger partial charge in [-0.1, -0.05) is 24.6 Å². The van der Waals surface area contributed by atoms with Crippen molar-refractivity contribution in [3.63, 3.8) is 0 Å². The van der Waals surface area contributed by atoms with Crippen molar-refractivity contribution in [2.45, 2.75) is 65.0 Å². The smallest absolute Gasteiger partial charge is 0.410 e. The Morgan fingerprint density at radius 3 is 2.48 bits per heavy atom. The second-order valence-corrected chi connectivity index (χ2v) is 15.7. The number of hydrogen-bond acceptors (Lipinski definition) is 9. The fourth-order valence-corrected chi connectivity index (χ4v) is 8.02. The lowest BCUT2D eigenvalue weighted by molar-refractivity contribution is -0.131. The Labute approximate surface area is 324 Å². The number of pyridine rings is 1. The summed E-state index contributed by atoms with van der Waals surface area (Å²) < 4.78 is 43.5. The molecule has 0 aliphatic carbocycles. The quantitative estimate of drug-likeness (QED) is 0.235. The molecule has 1 aromatic carbocycles. The van der Waals surface area contributed by atoms with Gasteiger partial charge in [0.2, 0.25) is 5.91 Å². The summed E-state index contributed by atoms with van der Waals surface area (Å²) in [6.45, 7) is 11.2. The Balaban J connectivity index is 1.19. The van der Waals surface area contributed by atoms with Gasteiger partial charge in [0.1, 0.15) is 17.1 Å². The first-order chi connectivity index (χ1) is 26.8. The first-order valence-electron chi connectivity index (χ1n) is 19.2. The standard InChI is InChI=1S/C40H49F2N9O5/c1-6-25-22-50(39(54)56-40(2,3)4)24-31(25)29-19-28(26-8-7-11-49(23-26)34(52)9-12-51-13-10-44-46-51)35(42)36-30(29)20-32(45-36)38(53)48-16-14-47(15-17-48)37-33(55-5)18-27(41)21-43-37/h8,10,13,18-21,25,31,45H,6-7,9,11-12,14-17,22-24H2,1-5H3. The number of nitrogens with zero attached hydrogens (tertiary/aromatic N) is 8. The summed E-state index contributed by atoms with van der Waals surface area (Å²) in [4.78, 5) is 55.2. The average molecular weight is 774 g/mol. The molecule has 6 heterocycles. The predicted molar refractivity (Wildman–Crippen MR) is 205 cm³/mol. The zero-order chi connectivity index (χ0) is 39.7. The maximum Gasteiger partial charge on any atom is 0.410 e. The van der Waals surface area contributed by atoms with Crippen LogP contribution in [-0.4, -0.2) is 123 Å². The van der Waals surface area contributed by atoms with Crippen molar-refractivity contribution < 1.29 is 32.6 Å². The zero-order valence-corrected chi connectivity index (χ0v) is 32.6. The number of carbonyl (C=O) groups is 3. The second-order valence-electron chi connectivity index (χ2n) is 15.7. The van der Waals surface area contributed by atoms with E-state index in [0.29, 0.717) is 86.9 Å². The number of aryl methyl sites for hydroxylation is 1. The summed E-state index contributed by atoms with van der Waals surface area (Å²) in [7, 11) is 1.46. The molecule has 0 spiro atoms. The van der Waals surface area contributed by atoms with Crippen LogP contribution in [0, 0.1) is 17.6 Å². The van der Waals surface area contributed by atoms with Crippen molar-refractivity contribution in [1.82, 2.24) is 39.7 Å². The summed E-state index contributed by atoms with van der Waals surface area (Å²) >= 11 is 0. The molecule has 298 valence electrons. The molecular weight excluding hydrogens is 724 g/mol. The van der Waals surface area contributed by atoms with E-state index in [1.165, 1.54) is 13.2 Å². The van der Waals surface area contributed by atoms with Gasteiger partial charge in [-0.2, -0.15) is 0 Å². The Bertz CT molecular complexity index is 2120. The molecule has 14 nitrogen and oxygen atoms in total. The summed E-state index contributed by atoms with van der Waals surface area (Å²) in [6.07, 6.45) is 7.55. The first kappa shape index (κ1) is 38.7. The Morgan fingerprint density at radius 2 is 1.79 bits per heavy atom. The van der Waals surface area contributed by atoms with Gasteiger partial charge in [0.05, 0.1) is 31.6 Å². The van der Waals surface area contributed by atoms with Crippen LogP contribution in [0.4, 0.5) is 19.4 Å². The summed E-state index contributed by atoms with van der Waals surface area (Å²) in [5.41, 5.74) is 1.68. The van der Waals surface area contributed by atoms with Gasteiger partial charge in [-0.05, 0) is 56.4 Å². The lowest BCUT2D eigenvalue weighted by atomic mass is 9.83. The van der Waals surface area contributed by atoms with Gasteiger partial charge in [0.15, 0.2) is 17.4 Å². The number of carbonyl (C=O) groups excluding carboxylic acids is 3. The van der Waals surface area contributed by atoms with E-state index >= 15 is 4.39 Å². The normalized spacial score (nSPS) is 19.1. The third-order valence-corrected chi connectivity index (χ3v) is 10.9. The second kappa shape index (κ2) is 15.9. The molecule has 3 amide bonds. The minimum absolute atomic E-state index is 0.0541. The van der Waals surface area contributed by atoms with Crippen LogP contribution in [0.25, 0.3) is 16.5 Å². The van der Waals surface area contributed by atoms with Crippen molar-refractivity contribution in [3.8, 4) is 5.75 Å². The van der Waals surface area contributed by atoms with E-state index in [9.17, 15) is 18.8 Å². The van der Waals surface area contributed by atoms with E-state index in [4.69, 9.17) is 9.47 Å². The van der Waals surface area contributed by atoms with Gasteiger partial charge in [-0.25, -0.2) is 18.6 Å². The SMILES string of the molecule is CCC1CN(C(=O)OC(C)(C)C)CC1c1cc(C2=CCCN(C(=O)CCn3ccnn3)C2)c(F)c2[nH]c(C(=O)N3CCN(c4ncc(F)cc4OC)CC3)cc12. The Hall–Kier alpha value is -5.54. The first-order valence-corrected chi connectivity index (χ1v) is 19.2. The molecule has 2 fully saturated rings. The van der Waals surface area contributed by atoms with Crippen LogP contribution in [0.2, 0.25) is 0 Å². The molecule has 2 atom stereocenters. The number of hydrogen-bond donors (Lipinski definition) is 1. The van der Waals surface area contributed by atoms with E-state index in [2.05, 4.69) is 27.2 Å². The van der Waals surface area contributed by atoms with E-state index < -0.39 is 23.3 Å². The third kappa shape index (κ3) is 8.05. The van der Waals surface area contributed by atoms with Crippen molar-refractivity contribution in [2.75, 3.05) is 64.4 Å². The molecule has 16 heteroatoms. The number of aromatic amines is 1. The van der Waals surface area contributed by atoms with Crippen LogP contribution in [0.3, 0.4) is 0 Å². The van der Waals surface area contributed by atoms with E-state index in [1.54, 1.807) is 37.8 Å². The van der Waals surface area contributed by atoms with Crippen molar-refractivity contribution in [1.29, 1.82) is 0 Å². The Kier molecular flexibility index (Phi) is 11.0. The molecular formula is C40H49F2N9O5. The van der Waals surface area contributed by atoms with Gasteiger partial charge in [0.25, 0.3) is 5.91 Å². The molecule has 0 radical (unpaired) electrons. The molecule has 7 rings (SSSR count). The van der Waals surface area contributed by atoms with Gasteiger partial charge in [0, 0.05) is 87.9 Å². The molecule has 0 bridgehead atoms. The highest BCUT2D eigenvalue weighted by molar-refractivity contribution is 6.00. The molecule has 0 saturated carbocycles. The number of fused-ring (bicyclic) bond motifs is 1. The number of nitrogens with one attached hydrogen (secondary N) is 1. The lowest BCUT2D eigenvalue weighted by Crippen LogP contribution is -2.49. The summed E-state index contributed by atoms with van der Waals surface area (Å²) in [5, 5.41) is 8.34. The zero-order valence-electron chi connectivity index (χ0n) is 32.6. The molecule has 3 aliphatic rings. The molecule has 2 unspecified atom stereocenters. The van der Waals surface area contributed by atoms with Crippen LogP contribution in [-0.2, 0) is 16.1 Å². The maximum absolute atomic E-state index is 17.0. The van der Waals surface area contributed by atoms with Crippen LogP contribution in [0.5, 0.6) is 5.75 Å². The molecule has 3 aromatic heterocycles. The van der Waals surface area contributed by atoms with Crippen LogP contribution < -0.4 is 9.64 Å². The fraction of sp³-hybridized carbons (Fsp3) is 0.500. The number of ether oxygens (including phenoxy) is 2. The van der Waals surface area contributed by atoms with E-state index in [0.717, 1.165) is 18.2 Å². The fourth-order valence-electron chi connectivity index (χ4n) is 8.02. The Morgan fingerprint density at radius 1 is 1.00 bits per heavy atom. The topological polar surface area (TPSA) is 142 Å². The average Bonchev–Trinajstić information content (AvgIpc) is 3.97. The minimum atomic E-state index is -0.664. The van der Waals surface area contributed by atoms with E-state index in [1.807, 2.05) is 37.8 Å². The number of piperazine rings is 1. The highest BCUT2D eigenvalue weighted by Crippen LogP contribution is 2.42. The maximum atomic E-state index is 17.0. The van der Waals surface area contributed by atoms with Crippen LogP contribution >= 0.6 is 0 Å². The molecule has 1 N–H and O–H groups in total. The number of benzene rings is 1. The molecule has 3 aliphatic heterocycles. The molecule has 2 saturated heterocycles. The van der Waals surface area contributed by atoms with Gasteiger partial charge in [-0.3, -0.25) is 14.3 Å². The van der Waals surface area contributed by atoms with Crippen LogP contribution in [0.15, 0.2) is 42.9 Å². The third-order valence-electron chi connectivity index (χ3n) is 10.9. The molecule has 4 aromatic rings. The number of aromatic nitrogens is 5. The highest BCUT2D eigenvalue weighted by atomic mass is 19.1. The van der Waals surface area contributed by atoms with Gasteiger partial charge >= 0.3 is 6.09 Å². The van der Waals surface area contributed by atoms with Gasteiger partial charge < -0.3 is 34.1 Å². The number of methoxy groups -OCH3 is 1. The number of likely N-dealkylation sites (tertiary alicyclic amines) is 1. The largest absolute Gasteiger partial charge is 0.493 e. The molecule has 56 heavy (non-hydrogen) atoms. The summed E-state index contributed by atoms with van der Waals surface area (Å²) in [5.74, 6) is -0.641. The van der Waals surface area contributed by atoms with Crippen molar-refractivity contribution in [2.24, 2.45) is 5.92 Å². The lowest BCUT2D eigenvalue weighted by Gasteiger charge is -2.35.